The first kappa shape index (κ1) is 52.0. The molecule has 0 aliphatic heterocycles. The van der Waals surface area contributed by atoms with Gasteiger partial charge in [0.25, 0.3) is 0 Å². The second-order valence-corrected chi connectivity index (χ2v) is 17.0. The quantitative estimate of drug-likeness (QED) is 0.0165. The molecule has 1 N–H and O–H groups in total. The van der Waals surface area contributed by atoms with Gasteiger partial charge in [-0.05, 0) is 25.7 Å². The first-order valence-corrected chi connectivity index (χ1v) is 22.9. The van der Waals surface area contributed by atoms with Gasteiger partial charge in [-0.15, -0.1) is 0 Å². The van der Waals surface area contributed by atoms with E-state index in [4.69, 9.17) is 18.5 Å². The van der Waals surface area contributed by atoms with Gasteiger partial charge in [-0.1, -0.05) is 179 Å². The zero-order chi connectivity index (χ0) is 40.0. The van der Waals surface area contributed by atoms with E-state index in [1.807, 2.05) is 33.3 Å². The minimum absolute atomic E-state index is 0.00536. The van der Waals surface area contributed by atoms with Gasteiger partial charge < -0.3 is 18.9 Å². The zero-order valence-electron chi connectivity index (χ0n) is 35.2. The molecule has 0 saturated carbocycles. The summed E-state index contributed by atoms with van der Waals surface area (Å²) in [7, 11) is 1.39. The van der Waals surface area contributed by atoms with Gasteiger partial charge in [0.05, 0.1) is 27.7 Å². The van der Waals surface area contributed by atoms with Gasteiger partial charge in [0.2, 0.25) is 0 Å². The number of hydrogen-bond acceptors (Lipinski definition) is 7. The number of phosphoric acid groups is 1. The largest absolute Gasteiger partial charge is 0.472 e. The summed E-state index contributed by atoms with van der Waals surface area (Å²) in [4.78, 5) is 35.1. The second-order valence-electron chi connectivity index (χ2n) is 15.5. The van der Waals surface area contributed by atoms with Crippen LogP contribution in [0.3, 0.4) is 0 Å². The maximum absolute atomic E-state index is 12.6. The molecule has 0 aromatic carbocycles. The molecule has 10 heteroatoms. The Hall–Kier alpha value is -2.03. The van der Waals surface area contributed by atoms with E-state index in [1.54, 1.807) is 18.2 Å². The highest BCUT2D eigenvalue weighted by Gasteiger charge is 2.26. The molecule has 0 aromatic heterocycles. The summed E-state index contributed by atoms with van der Waals surface area (Å²) in [5.74, 6) is -1.27. The van der Waals surface area contributed by atoms with Gasteiger partial charge >= 0.3 is 19.8 Å². The molecule has 2 atom stereocenters. The average Bonchev–Trinajstić information content (AvgIpc) is 3.12. The third-order valence-corrected chi connectivity index (χ3v) is 10.0. The molecule has 0 saturated heterocycles. The van der Waals surface area contributed by atoms with Crippen molar-refractivity contribution < 1.29 is 42.1 Å². The number of carbonyl (C=O) groups is 2. The van der Waals surface area contributed by atoms with Crippen molar-refractivity contribution in [2.24, 2.45) is 0 Å². The van der Waals surface area contributed by atoms with E-state index < -0.39 is 32.5 Å². The number of ether oxygens (including phenoxy) is 2. The number of carbonyl (C=O) groups excluding carboxylic acids is 2. The number of likely N-dealkylation sites (N-methyl/N-ethyl adjacent to an activating group) is 1. The average molecular weight is 783 g/mol. The number of esters is 2. The molecule has 0 fully saturated rings. The molecule has 0 aliphatic carbocycles. The van der Waals surface area contributed by atoms with Crippen molar-refractivity contribution in [3.63, 3.8) is 0 Å². The van der Waals surface area contributed by atoms with Crippen LogP contribution in [0, 0.1) is 0 Å². The highest BCUT2D eigenvalue weighted by Crippen LogP contribution is 2.43. The molecule has 0 radical (unpaired) electrons. The molecule has 0 heterocycles. The monoisotopic (exact) mass is 783 g/mol. The van der Waals surface area contributed by atoms with Crippen LogP contribution in [0.15, 0.2) is 48.6 Å². The Morgan fingerprint density at radius 3 is 1.54 bits per heavy atom. The van der Waals surface area contributed by atoms with E-state index in [0.717, 1.165) is 25.7 Å². The summed E-state index contributed by atoms with van der Waals surface area (Å²) in [6, 6.07) is 0. The minimum Gasteiger partial charge on any atom is -0.458 e. The normalized spacial score (nSPS) is 14.1. The molecule has 9 nitrogen and oxygen atoms in total. The number of hydrogen-bond donors (Lipinski definition) is 1. The van der Waals surface area contributed by atoms with Gasteiger partial charge in [-0.3, -0.25) is 9.05 Å². The third kappa shape index (κ3) is 39.7. The lowest BCUT2D eigenvalue weighted by atomic mass is 10.0. The fraction of sp³-hybridized carbons (Fsp3) is 0.773. The number of allylic oxidation sites excluding steroid dienone is 6. The van der Waals surface area contributed by atoms with Crippen molar-refractivity contribution >= 4 is 19.8 Å². The number of quaternary nitrogens is 1. The SMILES string of the molecule is CCCCCCCCCCCC=CC=CC=CC(=O)OC[C@H](COP(=O)(O)OCC[N+](C)(C)C)OC(=O)C=CCCCCCCCCCCCCCCC. The molecule has 0 rings (SSSR count). The highest BCUT2D eigenvalue weighted by atomic mass is 31.2. The topological polar surface area (TPSA) is 108 Å². The number of phosphoric ester groups is 1. The molecule has 0 bridgehead atoms. The van der Waals surface area contributed by atoms with E-state index in [2.05, 4.69) is 19.9 Å². The van der Waals surface area contributed by atoms with Crippen LogP contribution in [0.5, 0.6) is 0 Å². The van der Waals surface area contributed by atoms with Gasteiger partial charge in [0.15, 0.2) is 6.10 Å². The standard InChI is InChI=1S/C44H80NO8P/c1-6-8-10-12-14-16-18-20-22-24-26-28-30-32-34-36-43(46)50-40-42(41-52-54(48,49)51-39-38-45(3,4)5)53-44(47)37-35-33-31-29-27-25-23-21-19-17-15-13-11-9-7-2/h26,28,30,32,34-37,42H,6-25,27,29,31,33,38-41H2,1-5H3/p+1/t42-/m1/s1. The summed E-state index contributed by atoms with van der Waals surface area (Å²) < 4.78 is 33.9. The molecule has 0 spiro atoms. The Bertz CT molecular complexity index is 1070. The molecule has 0 amide bonds. The van der Waals surface area contributed by atoms with Crippen LogP contribution < -0.4 is 0 Å². The zero-order valence-corrected chi connectivity index (χ0v) is 36.1. The molecule has 0 aromatic rings. The molecular weight excluding hydrogens is 701 g/mol. The van der Waals surface area contributed by atoms with Crippen LogP contribution in [0.2, 0.25) is 0 Å². The Morgan fingerprint density at radius 1 is 0.574 bits per heavy atom. The first-order valence-electron chi connectivity index (χ1n) is 21.4. The van der Waals surface area contributed by atoms with Gasteiger partial charge in [-0.25, -0.2) is 14.2 Å². The fourth-order valence-electron chi connectivity index (χ4n) is 5.66. The van der Waals surface area contributed by atoms with E-state index in [9.17, 15) is 19.0 Å². The van der Waals surface area contributed by atoms with Crippen molar-refractivity contribution in [3.8, 4) is 0 Å². The Kier molecular flexibility index (Phi) is 35.2. The van der Waals surface area contributed by atoms with Crippen LogP contribution in [-0.2, 0) is 32.7 Å². The predicted molar refractivity (Wildman–Crippen MR) is 224 cm³/mol. The predicted octanol–water partition coefficient (Wildman–Crippen LogP) is 11.9. The Balaban J connectivity index is 4.58. The van der Waals surface area contributed by atoms with Crippen LogP contribution in [0.25, 0.3) is 0 Å². The van der Waals surface area contributed by atoms with Crippen molar-refractivity contribution in [3.05, 3.63) is 48.6 Å². The summed E-state index contributed by atoms with van der Waals surface area (Å²) in [5.41, 5.74) is 0. The number of unbranched alkanes of at least 4 members (excludes halogenated alkanes) is 22. The molecule has 0 aliphatic rings. The summed E-state index contributed by atoms with van der Waals surface area (Å²) in [5, 5.41) is 0. The summed E-state index contributed by atoms with van der Waals surface area (Å²) >= 11 is 0. The lowest BCUT2D eigenvalue weighted by Crippen LogP contribution is -2.37. The third-order valence-electron chi connectivity index (χ3n) is 9.04. The van der Waals surface area contributed by atoms with Crippen LogP contribution in [0.1, 0.15) is 168 Å². The smallest absolute Gasteiger partial charge is 0.458 e. The summed E-state index contributed by atoms with van der Waals surface area (Å²) in [6.07, 6.45) is 42.7. The molecule has 314 valence electrons. The molecule has 1 unspecified atom stereocenters. The Labute approximate surface area is 331 Å². The molecular formula is C44H81NO8P+. The lowest BCUT2D eigenvalue weighted by Gasteiger charge is -2.24. The van der Waals surface area contributed by atoms with E-state index >= 15 is 0 Å². The van der Waals surface area contributed by atoms with Crippen LogP contribution >= 0.6 is 7.82 Å². The van der Waals surface area contributed by atoms with Gasteiger partial charge in [0.1, 0.15) is 19.8 Å². The van der Waals surface area contributed by atoms with Crippen LogP contribution in [-0.4, -0.2) is 74.9 Å². The highest BCUT2D eigenvalue weighted by molar-refractivity contribution is 7.47. The summed E-state index contributed by atoms with van der Waals surface area (Å²) in [6.45, 7) is 4.18. The maximum Gasteiger partial charge on any atom is 0.472 e. The van der Waals surface area contributed by atoms with E-state index in [0.29, 0.717) is 11.0 Å². The Morgan fingerprint density at radius 2 is 1.04 bits per heavy atom. The van der Waals surface area contributed by atoms with Gasteiger partial charge in [0, 0.05) is 12.2 Å². The van der Waals surface area contributed by atoms with Crippen LogP contribution in [0.4, 0.5) is 0 Å². The lowest BCUT2D eigenvalue weighted by molar-refractivity contribution is -0.870. The van der Waals surface area contributed by atoms with E-state index in [1.165, 1.54) is 141 Å². The van der Waals surface area contributed by atoms with Crippen molar-refractivity contribution in [1.29, 1.82) is 0 Å². The first-order chi connectivity index (χ1) is 26.0. The minimum atomic E-state index is -4.41. The fourth-order valence-corrected chi connectivity index (χ4v) is 6.40. The van der Waals surface area contributed by atoms with Crippen molar-refractivity contribution in [1.82, 2.24) is 0 Å². The van der Waals surface area contributed by atoms with Crippen molar-refractivity contribution in [2.45, 2.75) is 174 Å². The maximum atomic E-state index is 12.6. The number of nitrogens with zero attached hydrogens (tertiary/aromatic N) is 1. The second kappa shape index (κ2) is 36.6. The van der Waals surface area contributed by atoms with Crippen molar-refractivity contribution in [2.75, 3.05) is 47.5 Å². The van der Waals surface area contributed by atoms with Gasteiger partial charge in [-0.2, -0.15) is 0 Å². The van der Waals surface area contributed by atoms with E-state index in [-0.39, 0.29) is 13.2 Å². The molecule has 54 heavy (non-hydrogen) atoms. The number of rotatable bonds is 38.